The minimum Gasteiger partial charge on any atom is -0.323 e. The molecule has 0 aliphatic heterocycles. The van der Waals surface area contributed by atoms with Crippen LogP contribution in [0.3, 0.4) is 0 Å². The van der Waals surface area contributed by atoms with Crippen molar-refractivity contribution >= 4 is 41.1 Å². The van der Waals surface area contributed by atoms with Crippen LogP contribution >= 0.6 is 7.60 Å². The van der Waals surface area contributed by atoms with Crippen molar-refractivity contribution in [1.82, 2.24) is 0 Å². The van der Waals surface area contributed by atoms with Crippen molar-refractivity contribution in [3.8, 4) is 0 Å². The fraction of sp³-hybridized carbons (Fsp3) is 0.238. The predicted molar refractivity (Wildman–Crippen MR) is 122 cm³/mol. The first kappa shape index (κ1) is 23.3. The number of nitro groups is 2. The number of hydrogen-bond donors (Lipinski definition) is 0. The average Bonchev–Trinajstić information content (AvgIpc) is 2.77. The van der Waals surface area contributed by atoms with Crippen LogP contribution < -0.4 is 4.90 Å². The van der Waals surface area contributed by atoms with Gasteiger partial charge in [0, 0.05) is 17.1 Å². The fourth-order valence-electron chi connectivity index (χ4n) is 3.41. The first-order valence-electron chi connectivity index (χ1n) is 9.86. The maximum Gasteiger partial charge on any atom is 0.350 e. The van der Waals surface area contributed by atoms with Gasteiger partial charge in [-0.3, -0.25) is 24.8 Å². The van der Waals surface area contributed by atoms with Gasteiger partial charge in [0.2, 0.25) is 0 Å². The topological polar surface area (TPSA) is 125 Å². The molecule has 10 nitrogen and oxygen atoms in total. The van der Waals surface area contributed by atoms with Gasteiger partial charge < -0.3 is 13.9 Å². The van der Waals surface area contributed by atoms with Gasteiger partial charge in [0.05, 0.1) is 29.1 Å². The first-order valence-corrected chi connectivity index (χ1v) is 11.6. The SMILES string of the molecule is CCOP(=O)(CN(c1ccc([N+](=O)[O-])cc1[N+](=O)[O-])c1cccc2ccccc12)OCC. The molecule has 0 atom stereocenters. The fourth-order valence-corrected chi connectivity index (χ4v) is 5.09. The van der Waals surface area contributed by atoms with Crippen molar-refractivity contribution in [1.29, 1.82) is 0 Å². The maximum absolute atomic E-state index is 13.4. The summed E-state index contributed by atoms with van der Waals surface area (Å²) in [5.41, 5.74) is -0.348. The Kier molecular flexibility index (Phi) is 7.19. The summed E-state index contributed by atoms with van der Waals surface area (Å²) in [5, 5.41) is 24.6. The molecule has 3 aromatic rings. The molecule has 3 rings (SSSR count). The molecule has 168 valence electrons. The van der Waals surface area contributed by atoms with Gasteiger partial charge in [0.1, 0.15) is 12.0 Å². The highest BCUT2D eigenvalue weighted by Gasteiger charge is 2.33. The zero-order chi connectivity index (χ0) is 23.3. The molecule has 0 radical (unpaired) electrons. The summed E-state index contributed by atoms with van der Waals surface area (Å²) in [4.78, 5) is 23.1. The lowest BCUT2D eigenvalue weighted by atomic mass is 10.1. The number of rotatable bonds is 10. The minimum absolute atomic E-state index is 0.0385. The molecule has 0 saturated carbocycles. The lowest BCUT2D eigenvalue weighted by molar-refractivity contribution is -0.393. The van der Waals surface area contributed by atoms with E-state index in [0.717, 1.165) is 16.8 Å². The Morgan fingerprint density at radius 3 is 2.16 bits per heavy atom. The van der Waals surface area contributed by atoms with E-state index in [2.05, 4.69) is 0 Å². The molecule has 0 heterocycles. The summed E-state index contributed by atoms with van der Waals surface area (Å²) in [6.45, 7) is 3.57. The number of non-ortho nitro benzene ring substituents is 1. The van der Waals surface area contributed by atoms with E-state index in [-0.39, 0.29) is 25.2 Å². The van der Waals surface area contributed by atoms with E-state index < -0.39 is 28.8 Å². The van der Waals surface area contributed by atoms with Crippen LogP contribution in [0.5, 0.6) is 0 Å². The quantitative estimate of drug-likeness (QED) is 0.205. The number of nitrogens with zero attached hydrogens (tertiary/aromatic N) is 3. The molecule has 0 bridgehead atoms. The smallest absolute Gasteiger partial charge is 0.323 e. The maximum atomic E-state index is 13.4. The Morgan fingerprint density at radius 1 is 0.875 bits per heavy atom. The lowest BCUT2D eigenvalue weighted by Gasteiger charge is -2.29. The van der Waals surface area contributed by atoms with Gasteiger partial charge in [-0.2, -0.15) is 0 Å². The Morgan fingerprint density at radius 2 is 1.53 bits per heavy atom. The van der Waals surface area contributed by atoms with Crippen molar-refractivity contribution < 1.29 is 23.5 Å². The standard InChI is InChI=1S/C21H22N3O7P/c1-3-30-32(29,31-4-2)15-22(19-11-7-9-16-8-5-6-10-18(16)19)20-13-12-17(23(25)26)14-21(20)24(27)28/h5-14H,3-4,15H2,1-2H3. The van der Waals surface area contributed by atoms with Crippen molar-refractivity contribution in [3.63, 3.8) is 0 Å². The van der Waals surface area contributed by atoms with Gasteiger partial charge in [-0.05, 0) is 31.4 Å². The highest BCUT2D eigenvalue weighted by molar-refractivity contribution is 7.54. The largest absolute Gasteiger partial charge is 0.350 e. The molecule has 3 aromatic carbocycles. The van der Waals surface area contributed by atoms with Gasteiger partial charge >= 0.3 is 7.60 Å². The van der Waals surface area contributed by atoms with Crippen LogP contribution in [0.1, 0.15) is 13.8 Å². The van der Waals surface area contributed by atoms with Crippen LogP contribution in [0.15, 0.2) is 60.7 Å². The molecule has 0 aromatic heterocycles. The van der Waals surface area contributed by atoms with E-state index in [1.54, 1.807) is 26.0 Å². The van der Waals surface area contributed by atoms with Crippen LogP contribution in [0.4, 0.5) is 22.7 Å². The second kappa shape index (κ2) is 9.86. The molecular weight excluding hydrogens is 437 g/mol. The van der Waals surface area contributed by atoms with E-state index in [4.69, 9.17) is 9.05 Å². The molecule has 0 spiro atoms. The third kappa shape index (κ3) is 4.94. The van der Waals surface area contributed by atoms with Crippen LogP contribution in [0.25, 0.3) is 10.8 Å². The minimum atomic E-state index is -3.70. The monoisotopic (exact) mass is 459 g/mol. The molecule has 11 heteroatoms. The first-order chi connectivity index (χ1) is 15.3. The summed E-state index contributed by atoms with van der Waals surface area (Å²) in [5.74, 6) is 0. The van der Waals surface area contributed by atoms with Gasteiger partial charge in [-0.15, -0.1) is 0 Å². The lowest BCUT2D eigenvalue weighted by Crippen LogP contribution is -2.22. The van der Waals surface area contributed by atoms with Gasteiger partial charge in [0.25, 0.3) is 11.4 Å². The molecular formula is C21H22N3O7P. The Hall–Kier alpha value is -3.33. The van der Waals surface area contributed by atoms with Crippen LogP contribution in [0.2, 0.25) is 0 Å². The molecule has 0 aliphatic carbocycles. The van der Waals surface area contributed by atoms with E-state index in [1.165, 1.54) is 17.0 Å². The predicted octanol–water partition coefficient (Wildman–Crippen LogP) is 6.02. The van der Waals surface area contributed by atoms with Crippen LogP contribution in [-0.2, 0) is 13.6 Å². The second-order valence-corrected chi connectivity index (χ2v) is 8.72. The number of fused-ring (bicyclic) bond motifs is 1. The average molecular weight is 459 g/mol. The van der Waals surface area contributed by atoms with E-state index in [1.807, 2.05) is 30.3 Å². The van der Waals surface area contributed by atoms with Crippen molar-refractivity contribution in [2.75, 3.05) is 24.4 Å². The van der Waals surface area contributed by atoms with E-state index in [9.17, 15) is 24.8 Å². The highest BCUT2D eigenvalue weighted by atomic mass is 31.2. The number of benzene rings is 3. The molecule has 0 amide bonds. The summed E-state index contributed by atoms with van der Waals surface area (Å²) in [7, 11) is -3.70. The zero-order valence-electron chi connectivity index (χ0n) is 17.5. The van der Waals surface area contributed by atoms with E-state index >= 15 is 0 Å². The molecule has 0 unspecified atom stereocenters. The molecule has 32 heavy (non-hydrogen) atoms. The third-order valence-electron chi connectivity index (χ3n) is 4.68. The molecule has 0 aliphatic rings. The third-order valence-corrected chi connectivity index (χ3v) is 6.61. The summed E-state index contributed by atoms with van der Waals surface area (Å²) in [6.07, 6.45) is -0.318. The number of anilines is 2. The highest BCUT2D eigenvalue weighted by Crippen LogP contribution is 2.52. The zero-order valence-corrected chi connectivity index (χ0v) is 18.4. The Balaban J connectivity index is 2.27. The number of nitro benzene ring substituents is 2. The van der Waals surface area contributed by atoms with Crippen molar-refractivity contribution in [2.24, 2.45) is 0 Å². The van der Waals surface area contributed by atoms with Crippen LogP contribution in [0, 0.1) is 20.2 Å². The van der Waals surface area contributed by atoms with Gasteiger partial charge in [-0.25, -0.2) is 0 Å². The molecule has 0 fully saturated rings. The summed E-state index contributed by atoms with van der Waals surface area (Å²) >= 11 is 0. The Labute approximate surface area is 184 Å². The van der Waals surface area contributed by atoms with Crippen molar-refractivity contribution in [2.45, 2.75) is 13.8 Å². The van der Waals surface area contributed by atoms with Crippen LogP contribution in [-0.4, -0.2) is 29.3 Å². The van der Waals surface area contributed by atoms with Gasteiger partial charge in [0.15, 0.2) is 0 Å². The molecule has 0 N–H and O–H groups in total. The van der Waals surface area contributed by atoms with Gasteiger partial charge in [-0.1, -0.05) is 36.4 Å². The number of hydrogen-bond acceptors (Lipinski definition) is 8. The Bertz CT molecular complexity index is 1190. The summed E-state index contributed by atoms with van der Waals surface area (Å²) in [6, 6.07) is 16.1. The second-order valence-electron chi connectivity index (χ2n) is 6.70. The molecule has 0 saturated heterocycles. The van der Waals surface area contributed by atoms with E-state index in [0.29, 0.717) is 5.69 Å². The summed E-state index contributed by atoms with van der Waals surface area (Å²) < 4.78 is 24.3. The normalized spacial score (nSPS) is 11.4. The van der Waals surface area contributed by atoms with Crippen molar-refractivity contribution in [3.05, 3.63) is 80.9 Å².